The zero-order valence-electron chi connectivity index (χ0n) is 16.5. The molecule has 1 unspecified atom stereocenters. The number of hydrogen-bond acceptors (Lipinski definition) is 4. The first-order chi connectivity index (χ1) is 13.8. The molecule has 0 aromatic heterocycles. The van der Waals surface area contributed by atoms with E-state index in [4.69, 9.17) is 9.47 Å². The van der Waals surface area contributed by atoms with E-state index in [1.165, 1.54) is 24.3 Å². The van der Waals surface area contributed by atoms with Gasteiger partial charge in [-0.2, -0.15) is 0 Å². The number of esters is 1. The first kappa shape index (κ1) is 22.6. The molecule has 4 nitrogen and oxygen atoms in total. The summed E-state index contributed by atoms with van der Waals surface area (Å²) < 4.78 is 51.8. The lowest BCUT2D eigenvalue weighted by molar-refractivity contribution is -0.274. The molecule has 158 valence electrons. The summed E-state index contributed by atoms with van der Waals surface area (Å²) in [6.45, 7) is 4.69. The van der Waals surface area contributed by atoms with Crippen LogP contribution in [0.3, 0.4) is 0 Å². The van der Waals surface area contributed by atoms with E-state index in [1.54, 1.807) is 6.92 Å². The zero-order valence-corrected chi connectivity index (χ0v) is 16.5. The molecule has 0 heterocycles. The molecule has 0 N–H and O–H groups in total. The highest BCUT2D eigenvalue weighted by Gasteiger charge is 2.31. The largest absolute Gasteiger partial charge is 0.573 e. The molecule has 0 amide bonds. The number of carbonyl (C=O) groups excluding carboxylic acids is 1. The van der Waals surface area contributed by atoms with Crippen molar-refractivity contribution in [2.75, 3.05) is 13.2 Å². The molecule has 0 saturated heterocycles. The van der Waals surface area contributed by atoms with Gasteiger partial charge in [-0.1, -0.05) is 37.6 Å². The summed E-state index contributed by atoms with van der Waals surface area (Å²) >= 11 is 0. The summed E-state index contributed by atoms with van der Waals surface area (Å²) in [4.78, 5) is 12.1. The topological polar surface area (TPSA) is 44.8 Å². The summed E-state index contributed by atoms with van der Waals surface area (Å²) in [7, 11) is 0. The average Bonchev–Trinajstić information content (AvgIpc) is 2.67. The smallest absolute Gasteiger partial charge is 0.494 e. The number of hydrogen-bond donors (Lipinski definition) is 0. The second kappa shape index (κ2) is 10.7. The predicted molar refractivity (Wildman–Crippen MR) is 103 cm³/mol. The molecule has 0 bridgehead atoms. The number of alkyl halides is 3. The molecular formula is C22H25F3O4. The normalized spacial score (nSPS) is 12.3. The Bertz CT molecular complexity index is 755. The van der Waals surface area contributed by atoms with E-state index in [2.05, 4.69) is 11.7 Å². The first-order valence-electron chi connectivity index (χ1n) is 9.56. The van der Waals surface area contributed by atoms with Crippen LogP contribution in [0.4, 0.5) is 13.2 Å². The predicted octanol–water partition coefficient (Wildman–Crippen LogP) is 5.85. The van der Waals surface area contributed by atoms with Gasteiger partial charge in [0, 0.05) is 5.92 Å². The molecular weight excluding hydrogens is 385 g/mol. The Morgan fingerprint density at radius 2 is 1.48 bits per heavy atom. The lowest BCUT2D eigenvalue weighted by Gasteiger charge is -2.18. The maximum absolute atomic E-state index is 12.4. The fourth-order valence-electron chi connectivity index (χ4n) is 2.85. The van der Waals surface area contributed by atoms with Gasteiger partial charge >= 0.3 is 12.3 Å². The van der Waals surface area contributed by atoms with Crippen LogP contribution >= 0.6 is 0 Å². The summed E-state index contributed by atoms with van der Waals surface area (Å²) in [5.74, 6) is -0.322. The molecule has 0 spiro atoms. The van der Waals surface area contributed by atoms with Gasteiger partial charge in [-0.3, -0.25) is 4.79 Å². The van der Waals surface area contributed by atoms with Crippen molar-refractivity contribution in [3.05, 3.63) is 59.7 Å². The Hall–Kier alpha value is -2.70. The third kappa shape index (κ3) is 7.68. The van der Waals surface area contributed by atoms with Gasteiger partial charge in [0.1, 0.15) is 11.5 Å². The van der Waals surface area contributed by atoms with E-state index in [0.717, 1.165) is 24.2 Å². The minimum Gasteiger partial charge on any atom is -0.494 e. The van der Waals surface area contributed by atoms with E-state index in [9.17, 15) is 18.0 Å². The van der Waals surface area contributed by atoms with Crippen LogP contribution in [0.1, 0.15) is 50.2 Å². The monoisotopic (exact) mass is 410 g/mol. The number of rotatable bonds is 10. The van der Waals surface area contributed by atoms with Crippen LogP contribution in [0.2, 0.25) is 0 Å². The minimum absolute atomic E-state index is 0.0728. The summed E-state index contributed by atoms with van der Waals surface area (Å²) in [5, 5.41) is 0. The second-order valence-corrected chi connectivity index (χ2v) is 6.45. The Morgan fingerprint density at radius 3 is 1.97 bits per heavy atom. The van der Waals surface area contributed by atoms with Crippen molar-refractivity contribution in [2.24, 2.45) is 0 Å². The highest BCUT2D eigenvalue weighted by molar-refractivity contribution is 5.71. The fraction of sp³-hybridized carbons (Fsp3) is 0.409. The van der Waals surface area contributed by atoms with E-state index in [1.807, 2.05) is 24.3 Å². The Labute approximate surface area is 168 Å². The molecule has 0 aliphatic heterocycles. The van der Waals surface area contributed by atoms with Crippen molar-refractivity contribution in [1.29, 1.82) is 0 Å². The maximum atomic E-state index is 12.4. The first-order valence-corrected chi connectivity index (χ1v) is 9.56. The lowest BCUT2D eigenvalue weighted by Crippen LogP contribution is -2.17. The molecule has 2 rings (SSSR count). The van der Waals surface area contributed by atoms with Crippen molar-refractivity contribution in [3.8, 4) is 11.5 Å². The lowest BCUT2D eigenvalue weighted by atomic mass is 9.88. The van der Waals surface area contributed by atoms with Crippen LogP contribution in [0.5, 0.6) is 11.5 Å². The molecule has 0 aliphatic carbocycles. The Morgan fingerprint density at radius 1 is 0.931 bits per heavy atom. The zero-order chi connectivity index (χ0) is 21.3. The van der Waals surface area contributed by atoms with Gasteiger partial charge in [0.15, 0.2) is 0 Å². The van der Waals surface area contributed by atoms with Gasteiger partial charge in [-0.05, 0) is 48.7 Å². The molecule has 0 fully saturated rings. The number of carbonyl (C=O) groups is 1. The molecule has 2 aromatic rings. The SMILES string of the molecule is CCCCOc1ccc(C(CC(=O)OCC)c2ccc(OC(F)(F)F)cc2)cc1. The van der Waals surface area contributed by atoms with Crippen molar-refractivity contribution in [3.63, 3.8) is 0 Å². The molecule has 0 radical (unpaired) electrons. The molecule has 1 atom stereocenters. The van der Waals surface area contributed by atoms with Crippen molar-refractivity contribution < 1.29 is 32.2 Å². The number of unbranched alkanes of at least 4 members (excludes halogenated alkanes) is 1. The molecule has 0 aliphatic rings. The van der Waals surface area contributed by atoms with Crippen LogP contribution in [-0.2, 0) is 9.53 Å². The standard InChI is InChI=1S/C22H25F3O4/c1-3-5-14-28-18-10-6-16(7-11-18)20(15-21(26)27-4-2)17-8-12-19(13-9-17)29-22(23,24)25/h6-13,20H,3-5,14-15H2,1-2H3. The highest BCUT2D eigenvalue weighted by atomic mass is 19.4. The number of benzene rings is 2. The van der Waals surface area contributed by atoms with E-state index in [0.29, 0.717) is 12.2 Å². The van der Waals surface area contributed by atoms with Crippen molar-refractivity contribution in [1.82, 2.24) is 0 Å². The quantitative estimate of drug-likeness (QED) is 0.364. The minimum atomic E-state index is -4.75. The van der Waals surface area contributed by atoms with Gasteiger partial charge in [0.25, 0.3) is 0 Å². The molecule has 7 heteroatoms. The third-order valence-electron chi connectivity index (χ3n) is 4.24. The number of halogens is 3. The molecule has 2 aromatic carbocycles. The average molecular weight is 410 g/mol. The van der Waals surface area contributed by atoms with Gasteiger partial charge in [0.05, 0.1) is 19.6 Å². The highest BCUT2D eigenvalue weighted by Crippen LogP contribution is 2.32. The Balaban J connectivity index is 2.21. The van der Waals surface area contributed by atoms with Crippen LogP contribution in [0, 0.1) is 0 Å². The maximum Gasteiger partial charge on any atom is 0.573 e. The Kier molecular flexibility index (Phi) is 8.36. The van der Waals surface area contributed by atoms with Crippen LogP contribution in [0.25, 0.3) is 0 Å². The fourth-order valence-corrected chi connectivity index (χ4v) is 2.85. The van der Waals surface area contributed by atoms with Crippen LogP contribution < -0.4 is 9.47 Å². The van der Waals surface area contributed by atoms with Crippen LogP contribution in [0.15, 0.2) is 48.5 Å². The van der Waals surface area contributed by atoms with E-state index in [-0.39, 0.29) is 30.7 Å². The number of ether oxygens (including phenoxy) is 3. The van der Waals surface area contributed by atoms with Gasteiger partial charge < -0.3 is 14.2 Å². The van der Waals surface area contributed by atoms with Gasteiger partial charge in [-0.25, -0.2) is 0 Å². The molecule has 29 heavy (non-hydrogen) atoms. The van der Waals surface area contributed by atoms with E-state index >= 15 is 0 Å². The van der Waals surface area contributed by atoms with Crippen LogP contribution in [-0.4, -0.2) is 25.5 Å². The molecule has 0 saturated carbocycles. The summed E-state index contributed by atoms with van der Waals surface area (Å²) in [6.07, 6.45) is -2.68. The summed E-state index contributed by atoms with van der Waals surface area (Å²) in [5.41, 5.74) is 1.53. The third-order valence-corrected chi connectivity index (χ3v) is 4.24. The van der Waals surface area contributed by atoms with Crippen molar-refractivity contribution in [2.45, 2.75) is 45.4 Å². The van der Waals surface area contributed by atoms with Gasteiger partial charge in [0.2, 0.25) is 0 Å². The van der Waals surface area contributed by atoms with Gasteiger partial charge in [-0.15, -0.1) is 13.2 Å². The second-order valence-electron chi connectivity index (χ2n) is 6.45. The summed E-state index contributed by atoms with van der Waals surface area (Å²) in [6, 6.07) is 12.9. The van der Waals surface area contributed by atoms with Crippen molar-refractivity contribution >= 4 is 5.97 Å². The van der Waals surface area contributed by atoms with E-state index < -0.39 is 6.36 Å².